The quantitative estimate of drug-likeness (QED) is 0.0470. The number of hydrogen-bond acceptors (Lipinski definition) is 11. The predicted octanol–water partition coefficient (Wildman–Crippen LogP) is -1.64. The van der Waals surface area contributed by atoms with Crippen molar-refractivity contribution in [1.82, 2.24) is 21.3 Å². The van der Waals surface area contributed by atoms with Crippen molar-refractivity contribution >= 4 is 17.7 Å². The Balaban J connectivity index is 5.10. The smallest absolute Gasteiger partial charge is 0.222 e. The zero-order valence-electron chi connectivity index (χ0n) is 25.1. The second kappa shape index (κ2) is 28.2. The molecule has 41 heavy (non-hydrogen) atoms. The molecular formula is C27H57N7O7. The number of nitrogens with one attached hydrogen (secondary N) is 4. The maximum absolute atomic E-state index is 12.1. The van der Waals surface area contributed by atoms with Gasteiger partial charge in [-0.15, -0.1) is 0 Å². The van der Waals surface area contributed by atoms with Gasteiger partial charge in [0.05, 0.1) is 45.2 Å². The molecule has 0 aromatic rings. The fourth-order valence-corrected chi connectivity index (χ4v) is 3.56. The number of rotatable bonds is 30. The molecule has 14 nitrogen and oxygen atoms in total. The van der Waals surface area contributed by atoms with Crippen LogP contribution in [-0.2, 0) is 33.3 Å². The van der Waals surface area contributed by atoms with Crippen molar-refractivity contribution in [2.75, 3.05) is 99.2 Å². The summed E-state index contributed by atoms with van der Waals surface area (Å²) in [5, 5.41) is 11.9. The monoisotopic (exact) mass is 591 g/mol. The molecule has 0 saturated carbocycles. The molecule has 0 heterocycles. The molecule has 0 atom stereocenters. The summed E-state index contributed by atoms with van der Waals surface area (Å²) in [7, 11) is 1.66. The van der Waals surface area contributed by atoms with Crippen molar-refractivity contribution in [3.05, 3.63) is 0 Å². The van der Waals surface area contributed by atoms with Gasteiger partial charge in [-0.2, -0.15) is 0 Å². The normalized spacial score (nSPS) is 11.4. The van der Waals surface area contributed by atoms with Gasteiger partial charge in [-0.1, -0.05) is 0 Å². The van der Waals surface area contributed by atoms with E-state index >= 15 is 0 Å². The Morgan fingerprint density at radius 3 is 1.29 bits per heavy atom. The summed E-state index contributed by atoms with van der Waals surface area (Å²) in [4.78, 5) is 36.2. The van der Waals surface area contributed by atoms with E-state index in [4.69, 9.17) is 36.1 Å². The van der Waals surface area contributed by atoms with E-state index in [1.165, 1.54) is 0 Å². The van der Waals surface area contributed by atoms with Crippen LogP contribution in [0.3, 0.4) is 0 Å². The van der Waals surface area contributed by atoms with Crippen LogP contribution < -0.4 is 38.5 Å². The average Bonchev–Trinajstić information content (AvgIpc) is 2.96. The van der Waals surface area contributed by atoms with Gasteiger partial charge in [0.15, 0.2) is 0 Å². The van der Waals surface area contributed by atoms with Crippen LogP contribution in [0.5, 0.6) is 0 Å². The summed E-state index contributed by atoms with van der Waals surface area (Å²) in [6.45, 7) is 5.71. The van der Waals surface area contributed by atoms with Gasteiger partial charge in [-0.05, 0) is 58.3 Å². The molecule has 0 aliphatic carbocycles. The van der Waals surface area contributed by atoms with Gasteiger partial charge < -0.3 is 57.4 Å². The summed E-state index contributed by atoms with van der Waals surface area (Å²) in [5.74, 6) is -0.318. The first-order valence-electron chi connectivity index (χ1n) is 14.8. The van der Waals surface area contributed by atoms with Crippen molar-refractivity contribution in [3.63, 3.8) is 0 Å². The molecule has 0 fully saturated rings. The Bertz CT molecular complexity index is 585. The van der Waals surface area contributed by atoms with Gasteiger partial charge in [0.2, 0.25) is 17.7 Å². The van der Waals surface area contributed by atoms with E-state index in [1.54, 1.807) is 7.11 Å². The molecule has 0 aliphatic heterocycles. The van der Waals surface area contributed by atoms with Gasteiger partial charge in [0.1, 0.15) is 0 Å². The highest BCUT2D eigenvalue weighted by atomic mass is 16.5. The fourth-order valence-electron chi connectivity index (χ4n) is 3.56. The van der Waals surface area contributed by atoms with Crippen LogP contribution in [-0.4, -0.2) is 122 Å². The van der Waals surface area contributed by atoms with Crippen LogP contribution in [0.15, 0.2) is 0 Å². The number of nitrogens with two attached hydrogens (primary N) is 3. The van der Waals surface area contributed by atoms with Crippen molar-refractivity contribution in [2.24, 2.45) is 17.2 Å². The number of ether oxygens (including phenoxy) is 4. The molecule has 0 bridgehead atoms. The van der Waals surface area contributed by atoms with Crippen LogP contribution in [0.1, 0.15) is 51.4 Å². The van der Waals surface area contributed by atoms with E-state index in [2.05, 4.69) is 21.3 Å². The number of carbonyl (C=O) groups is 3. The van der Waals surface area contributed by atoms with E-state index in [0.29, 0.717) is 71.7 Å². The highest BCUT2D eigenvalue weighted by Crippen LogP contribution is 2.11. The maximum atomic E-state index is 12.1. The van der Waals surface area contributed by atoms with Gasteiger partial charge in [0, 0.05) is 52.6 Å². The minimum Gasteiger partial charge on any atom is -0.385 e. The molecule has 0 unspecified atom stereocenters. The van der Waals surface area contributed by atoms with Gasteiger partial charge >= 0.3 is 0 Å². The molecule has 0 spiro atoms. The van der Waals surface area contributed by atoms with E-state index in [0.717, 1.165) is 12.8 Å². The first kappa shape index (κ1) is 39.1. The van der Waals surface area contributed by atoms with E-state index in [-0.39, 0.29) is 76.6 Å². The number of amides is 3. The number of unbranched alkanes of at least 4 members (excludes halogenated alkanes) is 1. The van der Waals surface area contributed by atoms with Crippen LogP contribution in [0, 0.1) is 0 Å². The van der Waals surface area contributed by atoms with E-state index in [9.17, 15) is 14.4 Å². The first-order valence-corrected chi connectivity index (χ1v) is 14.8. The van der Waals surface area contributed by atoms with Gasteiger partial charge in [-0.3, -0.25) is 14.4 Å². The van der Waals surface area contributed by atoms with Gasteiger partial charge in [-0.25, -0.2) is 0 Å². The van der Waals surface area contributed by atoms with Gasteiger partial charge in [0.25, 0.3) is 0 Å². The summed E-state index contributed by atoms with van der Waals surface area (Å²) < 4.78 is 22.9. The Morgan fingerprint density at radius 1 is 0.561 bits per heavy atom. The third-order valence-electron chi connectivity index (χ3n) is 5.94. The molecule has 10 N–H and O–H groups in total. The lowest BCUT2D eigenvalue weighted by atomic mass is 10.0. The molecule has 14 heteroatoms. The number of methoxy groups -OCH3 is 1. The van der Waals surface area contributed by atoms with Crippen molar-refractivity contribution in [3.8, 4) is 0 Å². The topological polar surface area (TPSA) is 214 Å². The second-order valence-electron chi connectivity index (χ2n) is 9.79. The molecule has 242 valence electrons. The summed E-state index contributed by atoms with van der Waals surface area (Å²) in [6, 6.07) is 0. The predicted molar refractivity (Wildman–Crippen MR) is 158 cm³/mol. The Morgan fingerprint density at radius 2 is 0.951 bits per heavy atom. The molecule has 0 aliphatic rings. The molecule has 0 saturated heterocycles. The van der Waals surface area contributed by atoms with Crippen LogP contribution in [0.25, 0.3) is 0 Å². The molecular weight excluding hydrogens is 534 g/mol. The summed E-state index contributed by atoms with van der Waals surface area (Å²) in [6.07, 6.45) is 4.50. The first-order chi connectivity index (χ1) is 19.9. The lowest BCUT2D eigenvalue weighted by Gasteiger charge is -2.34. The Labute approximate surface area is 245 Å². The minimum absolute atomic E-state index is 0.106. The van der Waals surface area contributed by atoms with E-state index < -0.39 is 5.54 Å². The second-order valence-corrected chi connectivity index (χ2v) is 9.79. The van der Waals surface area contributed by atoms with Crippen molar-refractivity contribution < 1.29 is 33.3 Å². The fraction of sp³-hybridized carbons (Fsp3) is 0.889. The third kappa shape index (κ3) is 24.4. The van der Waals surface area contributed by atoms with Crippen molar-refractivity contribution in [1.29, 1.82) is 0 Å². The van der Waals surface area contributed by atoms with Crippen LogP contribution >= 0.6 is 0 Å². The number of carbonyl (C=O) groups excluding carboxylic acids is 3. The largest absolute Gasteiger partial charge is 0.385 e. The molecule has 0 aromatic heterocycles. The standard InChI is InChI=1S/C27H57N7O7/c1-38-17-3-2-16-34-27(21-39-18-7-24(35)31-13-4-10-28,22-40-19-8-25(36)32-14-5-11-29)23-41-20-9-26(37)33-15-6-12-30/h34H,2-23,28-30H2,1H3,(H,31,35)(H,32,36)(H,33,37). The zero-order valence-corrected chi connectivity index (χ0v) is 25.1. The maximum Gasteiger partial charge on any atom is 0.222 e. The Hall–Kier alpha value is -1.91. The zero-order chi connectivity index (χ0) is 30.4. The lowest BCUT2D eigenvalue weighted by molar-refractivity contribution is -0.122. The van der Waals surface area contributed by atoms with E-state index in [1.807, 2.05) is 0 Å². The van der Waals surface area contributed by atoms with Crippen molar-refractivity contribution in [2.45, 2.75) is 56.9 Å². The molecule has 0 rings (SSSR count). The molecule has 3 amide bonds. The SMILES string of the molecule is COCCCCNC(COCCC(=O)NCCCN)(COCCC(=O)NCCCN)COCCC(=O)NCCCN. The lowest BCUT2D eigenvalue weighted by Crippen LogP contribution is -2.57. The van der Waals surface area contributed by atoms with Crippen LogP contribution in [0.4, 0.5) is 0 Å². The van der Waals surface area contributed by atoms with Crippen LogP contribution in [0.2, 0.25) is 0 Å². The highest BCUT2D eigenvalue weighted by Gasteiger charge is 2.31. The molecule has 0 radical (unpaired) electrons. The summed E-state index contributed by atoms with van der Waals surface area (Å²) in [5.41, 5.74) is 15.7. The Kier molecular flexibility index (Phi) is 26.9. The average molecular weight is 592 g/mol. The summed E-state index contributed by atoms with van der Waals surface area (Å²) >= 11 is 0. The number of hydrogen-bond donors (Lipinski definition) is 7. The highest BCUT2D eigenvalue weighted by molar-refractivity contribution is 5.76. The molecule has 0 aromatic carbocycles. The third-order valence-corrected chi connectivity index (χ3v) is 5.94. The minimum atomic E-state index is -0.755.